The Morgan fingerprint density at radius 2 is 1.56 bits per heavy atom. The van der Waals surface area contributed by atoms with E-state index in [0.717, 1.165) is 0 Å². The number of Topliss-reactive ketones (excluding diaryl/α,β-unsaturated/α-hetero) is 1. The summed E-state index contributed by atoms with van der Waals surface area (Å²) in [4.78, 5) is 12.7. The number of allylic oxidation sites excluding steroid dienone is 1. The van der Waals surface area contributed by atoms with Gasteiger partial charge in [-0.25, -0.2) is 0 Å². The van der Waals surface area contributed by atoms with Crippen molar-refractivity contribution in [3.63, 3.8) is 0 Å². The van der Waals surface area contributed by atoms with Crippen molar-refractivity contribution in [2.75, 3.05) is 33.8 Å². The molecule has 0 unspecified atom stereocenters. The van der Waals surface area contributed by atoms with Crippen LogP contribution in [0.1, 0.15) is 10.4 Å². The van der Waals surface area contributed by atoms with Gasteiger partial charge in [-0.3, -0.25) is 4.79 Å². The van der Waals surface area contributed by atoms with E-state index in [1.807, 2.05) is 6.07 Å². The summed E-state index contributed by atoms with van der Waals surface area (Å²) in [7, 11) is 5.96. The second-order valence-electron chi connectivity index (χ2n) is 5.29. The van der Waals surface area contributed by atoms with Crippen molar-refractivity contribution in [2.24, 2.45) is 0 Å². The zero-order chi connectivity index (χ0) is 19.8. The van der Waals surface area contributed by atoms with Crippen LogP contribution in [0.4, 0.5) is 5.69 Å². The maximum absolute atomic E-state index is 12.7. The molecule has 2 rings (SSSR count). The van der Waals surface area contributed by atoms with Gasteiger partial charge in [-0.2, -0.15) is 5.26 Å². The Kier molecular flexibility index (Phi) is 6.67. The molecule has 0 aromatic heterocycles. The Balaban J connectivity index is 2.31. The molecule has 0 fully saturated rings. The third kappa shape index (κ3) is 4.50. The maximum Gasteiger partial charge on any atom is 0.205 e. The van der Waals surface area contributed by atoms with Gasteiger partial charge in [0.1, 0.15) is 17.4 Å². The average Bonchev–Trinajstić information content (AvgIpc) is 2.73. The number of hydrogen-bond acceptors (Lipinski definition) is 7. The molecule has 140 valence electrons. The highest BCUT2D eigenvalue weighted by Crippen LogP contribution is 2.38. The molecule has 0 radical (unpaired) electrons. The first kappa shape index (κ1) is 19.7. The zero-order valence-corrected chi connectivity index (χ0v) is 15.5. The zero-order valence-electron chi connectivity index (χ0n) is 15.5. The van der Waals surface area contributed by atoms with E-state index in [9.17, 15) is 10.1 Å². The van der Waals surface area contributed by atoms with Gasteiger partial charge < -0.3 is 24.3 Å². The normalized spacial score (nSPS) is 10.6. The van der Waals surface area contributed by atoms with Gasteiger partial charge in [0.2, 0.25) is 11.5 Å². The Labute approximate surface area is 157 Å². The number of rotatable bonds is 8. The minimum absolute atomic E-state index is 0.0694. The van der Waals surface area contributed by atoms with E-state index < -0.39 is 5.78 Å². The predicted octanol–water partition coefficient (Wildman–Crippen LogP) is 3.42. The topological polar surface area (TPSA) is 89.8 Å². The third-order valence-corrected chi connectivity index (χ3v) is 3.77. The summed E-state index contributed by atoms with van der Waals surface area (Å²) in [6.07, 6.45) is 1.35. The fourth-order valence-electron chi connectivity index (χ4n) is 2.36. The molecule has 0 amide bonds. The van der Waals surface area contributed by atoms with Crippen molar-refractivity contribution in [1.29, 1.82) is 5.26 Å². The second-order valence-corrected chi connectivity index (χ2v) is 5.29. The Hall–Kier alpha value is -3.66. The fraction of sp³-hybridized carbons (Fsp3) is 0.200. The molecule has 0 aliphatic rings. The molecular weight excluding hydrogens is 348 g/mol. The van der Waals surface area contributed by atoms with Crippen LogP contribution in [0.3, 0.4) is 0 Å². The summed E-state index contributed by atoms with van der Waals surface area (Å²) in [5.41, 5.74) is 0.884. The molecule has 7 nitrogen and oxygen atoms in total. The average molecular weight is 368 g/mol. The van der Waals surface area contributed by atoms with Gasteiger partial charge in [0.15, 0.2) is 11.5 Å². The lowest BCUT2D eigenvalue weighted by molar-refractivity contribution is 0.103. The molecule has 0 saturated heterocycles. The molecular formula is C20H20N2O5. The van der Waals surface area contributed by atoms with Crippen molar-refractivity contribution in [1.82, 2.24) is 0 Å². The molecule has 2 aromatic rings. The molecule has 0 bridgehead atoms. The van der Waals surface area contributed by atoms with Crippen molar-refractivity contribution in [3.05, 3.63) is 53.7 Å². The predicted molar refractivity (Wildman–Crippen MR) is 101 cm³/mol. The minimum atomic E-state index is -0.474. The van der Waals surface area contributed by atoms with Gasteiger partial charge in [-0.05, 0) is 36.4 Å². The Morgan fingerprint density at radius 1 is 0.963 bits per heavy atom. The molecule has 1 N–H and O–H groups in total. The van der Waals surface area contributed by atoms with Crippen LogP contribution in [-0.4, -0.2) is 34.2 Å². The van der Waals surface area contributed by atoms with Crippen molar-refractivity contribution >= 4 is 11.5 Å². The summed E-state index contributed by atoms with van der Waals surface area (Å²) < 4.78 is 20.8. The monoisotopic (exact) mass is 368 g/mol. The molecule has 0 saturated carbocycles. The van der Waals surface area contributed by atoms with Crippen LogP contribution in [0.25, 0.3) is 0 Å². The van der Waals surface area contributed by atoms with E-state index >= 15 is 0 Å². The molecule has 27 heavy (non-hydrogen) atoms. The SMILES string of the molecule is COc1ccc(N/C=C(\C#N)C(=O)c2cc(OC)c(OC)c(OC)c2)cc1. The lowest BCUT2D eigenvalue weighted by Crippen LogP contribution is -2.06. The van der Waals surface area contributed by atoms with E-state index in [0.29, 0.717) is 28.7 Å². The molecule has 0 spiro atoms. The lowest BCUT2D eigenvalue weighted by Gasteiger charge is -2.13. The maximum atomic E-state index is 12.7. The molecule has 7 heteroatoms. The number of nitrogens with zero attached hydrogens (tertiary/aromatic N) is 1. The Bertz CT molecular complexity index is 857. The van der Waals surface area contributed by atoms with Crippen LogP contribution in [-0.2, 0) is 0 Å². The van der Waals surface area contributed by atoms with Crippen LogP contribution in [0.15, 0.2) is 48.2 Å². The summed E-state index contributed by atoms with van der Waals surface area (Å²) in [5.74, 6) is 1.27. The number of carbonyl (C=O) groups excluding carboxylic acids is 1. The third-order valence-electron chi connectivity index (χ3n) is 3.77. The van der Waals surface area contributed by atoms with Crippen LogP contribution < -0.4 is 24.3 Å². The summed E-state index contributed by atoms with van der Waals surface area (Å²) in [5, 5.41) is 12.3. The summed E-state index contributed by atoms with van der Waals surface area (Å²) in [6.45, 7) is 0. The molecule has 0 aliphatic heterocycles. The van der Waals surface area contributed by atoms with Crippen LogP contribution in [0.2, 0.25) is 0 Å². The van der Waals surface area contributed by atoms with E-state index in [2.05, 4.69) is 5.32 Å². The van der Waals surface area contributed by atoms with Crippen LogP contribution in [0.5, 0.6) is 23.0 Å². The van der Waals surface area contributed by atoms with Crippen molar-refractivity contribution in [2.45, 2.75) is 0 Å². The largest absolute Gasteiger partial charge is 0.497 e. The number of nitrogens with one attached hydrogen (secondary N) is 1. The van der Waals surface area contributed by atoms with Gasteiger partial charge in [-0.15, -0.1) is 0 Å². The summed E-state index contributed by atoms with van der Waals surface area (Å²) in [6, 6.07) is 12.0. The van der Waals surface area contributed by atoms with E-state index in [-0.39, 0.29) is 11.1 Å². The molecule has 0 atom stereocenters. The first-order valence-corrected chi connectivity index (χ1v) is 7.93. The number of anilines is 1. The highest BCUT2D eigenvalue weighted by molar-refractivity contribution is 6.12. The number of ketones is 1. The highest BCUT2D eigenvalue weighted by atomic mass is 16.5. The quantitative estimate of drug-likeness (QED) is 0.434. The van der Waals surface area contributed by atoms with E-state index in [1.165, 1.54) is 39.7 Å². The molecule has 0 aliphatic carbocycles. The fourth-order valence-corrected chi connectivity index (χ4v) is 2.36. The van der Waals surface area contributed by atoms with Crippen molar-refractivity contribution < 1.29 is 23.7 Å². The number of hydrogen-bond donors (Lipinski definition) is 1. The molecule has 0 heterocycles. The number of carbonyl (C=O) groups is 1. The highest BCUT2D eigenvalue weighted by Gasteiger charge is 2.19. The smallest absolute Gasteiger partial charge is 0.205 e. The number of methoxy groups -OCH3 is 4. The van der Waals surface area contributed by atoms with Gasteiger partial charge in [-0.1, -0.05) is 0 Å². The van der Waals surface area contributed by atoms with Crippen LogP contribution >= 0.6 is 0 Å². The Morgan fingerprint density at radius 3 is 2.00 bits per heavy atom. The second kappa shape index (κ2) is 9.15. The van der Waals surface area contributed by atoms with Gasteiger partial charge in [0, 0.05) is 17.5 Å². The minimum Gasteiger partial charge on any atom is -0.497 e. The van der Waals surface area contributed by atoms with Gasteiger partial charge in [0.05, 0.1) is 28.4 Å². The summed E-state index contributed by atoms with van der Waals surface area (Å²) >= 11 is 0. The van der Waals surface area contributed by atoms with Crippen molar-refractivity contribution in [3.8, 4) is 29.1 Å². The number of nitriles is 1. The van der Waals surface area contributed by atoms with Gasteiger partial charge >= 0.3 is 0 Å². The lowest BCUT2D eigenvalue weighted by atomic mass is 10.0. The standard InChI is InChI=1S/C20H20N2O5/c1-24-16-7-5-15(6-8-16)22-12-14(11-21)19(23)13-9-17(25-2)20(27-4)18(10-13)26-3/h5-10,12,22H,1-4H3/b14-12+. The van der Waals surface area contributed by atoms with E-state index in [4.69, 9.17) is 18.9 Å². The van der Waals surface area contributed by atoms with E-state index in [1.54, 1.807) is 31.4 Å². The van der Waals surface area contributed by atoms with Crippen LogP contribution in [0, 0.1) is 11.3 Å². The van der Waals surface area contributed by atoms with Gasteiger partial charge in [0.25, 0.3) is 0 Å². The number of ether oxygens (including phenoxy) is 4. The molecule has 2 aromatic carbocycles. The number of benzene rings is 2. The first-order valence-electron chi connectivity index (χ1n) is 7.93. The first-order chi connectivity index (χ1) is 13.1.